The molecule has 10 N–H and O–H groups in total. The van der Waals surface area contributed by atoms with E-state index in [-0.39, 0.29) is 72.5 Å². The fourth-order valence-corrected chi connectivity index (χ4v) is 14.0. The minimum absolute atomic E-state index is 0.146. The standard InChI is InChI=1S/C74H106N12O11/c1-5-59(75-3)67(87)83-65-55(37-41-77-49-51-21-11-7-12-22-51)29-31-57-33-35-61(85(57)73(65)93)69(89)81-63(53-25-15-9-16-26-53)71(91)79-39-19-43-95-45-47-97-48-46-96-44-20-40-80-72(92)64(54-27-17-10-18-28-54)82-70(90)62-36-34-58-32-30-56(38-42-78-50-52-23-13-8-14-24-52)66(74(94)86(58)62)84-68(88)60(6-2)76-4/h7-18,21-28,55-66,75-78H,5-6,19-20,29-50H2,1-4H3,(H,79,91)(H,80,92)(H,81,89)(H,82,90)(H,83,87)(H,84,88)/t55-,56-,57+,58+,59+,60+,61+,62+,63+,64+,65+,66+/m1/s1. The van der Waals surface area contributed by atoms with Crippen molar-refractivity contribution >= 4 is 47.3 Å². The van der Waals surface area contributed by atoms with Crippen molar-refractivity contribution < 1.29 is 52.6 Å². The molecule has 4 aliphatic heterocycles. The molecule has 0 aromatic heterocycles. The summed E-state index contributed by atoms with van der Waals surface area (Å²) >= 11 is 0. The van der Waals surface area contributed by atoms with Gasteiger partial charge in [0, 0.05) is 51.5 Å². The molecule has 4 fully saturated rings. The van der Waals surface area contributed by atoms with Crippen LogP contribution >= 0.6 is 0 Å². The summed E-state index contributed by atoms with van der Waals surface area (Å²) in [5, 5.41) is 31.3. The summed E-state index contributed by atoms with van der Waals surface area (Å²) in [5.74, 6) is -2.94. The molecular weight excluding hydrogens is 1230 g/mol. The molecule has 4 aromatic rings. The van der Waals surface area contributed by atoms with E-state index in [1.165, 1.54) is 0 Å². The van der Waals surface area contributed by atoms with E-state index in [2.05, 4.69) is 77.4 Å². The molecule has 528 valence electrons. The van der Waals surface area contributed by atoms with Crippen LogP contribution in [0.25, 0.3) is 0 Å². The molecule has 0 spiro atoms. The van der Waals surface area contributed by atoms with Gasteiger partial charge in [0.15, 0.2) is 0 Å². The van der Waals surface area contributed by atoms with Crippen molar-refractivity contribution in [2.24, 2.45) is 11.8 Å². The third-order valence-electron chi connectivity index (χ3n) is 19.4. The number of ether oxygens (including phenoxy) is 3. The second-order valence-corrected chi connectivity index (χ2v) is 25.9. The Hall–Kier alpha value is -7.64. The van der Waals surface area contributed by atoms with E-state index in [4.69, 9.17) is 14.2 Å². The van der Waals surface area contributed by atoms with Crippen LogP contribution in [-0.2, 0) is 65.7 Å². The summed E-state index contributed by atoms with van der Waals surface area (Å²) in [4.78, 5) is 117. The van der Waals surface area contributed by atoms with Crippen LogP contribution in [0.3, 0.4) is 0 Å². The van der Waals surface area contributed by atoms with Crippen molar-refractivity contribution in [3.05, 3.63) is 144 Å². The molecule has 0 unspecified atom stereocenters. The van der Waals surface area contributed by atoms with Crippen molar-refractivity contribution in [3.8, 4) is 0 Å². The lowest BCUT2D eigenvalue weighted by molar-refractivity contribution is -0.144. The lowest BCUT2D eigenvalue weighted by Gasteiger charge is -2.33. The number of carbonyl (C=O) groups is 8. The van der Waals surface area contributed by atoms with Crippen LogP contribution in [0, 0.1) is 11.8 Å². The summed E-state index contributed by atoms with van der Waals surface area (Å²) in [6, 6.07) is 31.7. The number of carbonyl (C=O) groups excluding carboxylic acids is 8. The molecule has 0 aliphatic carbocycles. The summed E-state index contributed by atoms with van der Waals surface area (Å²) < 4.78 is 17.3. The van der Waals surface area contributed by atoms with Gasteiger partial charge in [-0.3, -0.25) is 38.4 Å². The molecular formula is C74H106N12O11. The molecule has 0 radical (unpaired) electrons. The molecule has 4 aromatic carbocycles. The van der Waals surface area contributed by atoms with Gasteiger partial charge in [-0.1, -0.05) is 135 Å². The summed E-state index contributed by atoms with van der Waals surface area (Å²) in [7, 11) is 3.45. The molecule has 4 saturated heterocycles. The van der Waals surface area contributed by atoms with E-state index in [1.807, 2.05) is 86.6 Å². The Balaban J connectivity index is 0.727. The highest BCUT2D eigenvalue weighted by molar-refractivity contribution is 5.97. The Morgan fingerprint density at radius 3 is 1.15 bits per heavy atom. The highest BCUT2D eigenvalue weighted by atomic mass is 16.5. The molecule has 23 heteroatoms. The number of amides is 8. The van der Waals surface area contributed by atoms with Crippen LogP contribution in [0.4, 0.5) is 0 Å². The summed E-state index contributed by atoms with van der Waals surface area (Å²) in [5.41, 5.74) is 3.52. The molecule has 4 aliphatic rings. The normalized spacial score (nSPS) is 22.0. The fraction of sp³-hybridized carbons (Fsp3) is 0.568. The highest BCUT2D eigenvalue weighted by Gasteiger charge is 2.50. The Kier molecular flexibility index (Phi) is 31.2. The zero-order chi connectivity index (χ0) is 68.7. The molecule has 12 atom stereocenters. The minimum Gasteiger partial charge on any atom is -0.379 e. The van der Waals surface area contributed by atoms with Gasteiger partial charge in [-0.05, 0) is 151 Å². The van der Waals surface area contributed by atoms with Gasteiger partial charge in [-0.25, -0.2) is 0 Å². The maximum Gasteiger partial charge on any atom is 0.247 e. The van der Waals surface area contributed by atoms with Crippen LogP contribution in [0.2, 0.25) is 0 Å². The van der Waals surface area contributed by atoms with E-state index in [9.17, 15) is 38.4 Å². The lowest BCUT2D eigenvalue weighted by atomic mass is 9.90. The number of rotatable bonds is 40. The van der Waals surface area contributed by atoms with Crippen molar-refractivity contribution in [2.75, 3.05) is 79.9 Å². The number of hydrogen-bond acceptors (Lipinski definition) is 15. The Morgan fingerprint density at radius 1 is 0.443 bits per heavy atom. The lowest BCUT2D eigenvalue weighted by Crippen LogP contribution is -2.58. The monoisotopic (exact) mass is 1340 g/mol. The fourth-order valence-electron chi connectivity index (χ4n) is 14.0. The third-order valence-corrected chi connectivity index (χ3v) is 19.4. The van der Waals surface area contributed by atoms with Gasteiger partial charge >= 0.3 is 0 Å². The number of likely N-dealkylation sites (N-methyl/N-ethyl adjacent to an activating group) is 2. The topological polar surface area (TPSA) is 291 Å². The predicted octanol–water partition coefficient (Wildman–Crippen LogP) is 4.63. The first kappa shape index (κ1) is 75.1. The predicted molar refractivity (Wildman–Crippen MR) is 371 cm³/mol. The number of hydrogen-bond donors (Lipinski definition) is 10. The van der Waals surface area contributed by atoms with E-state index in [0.717, 1.165) is 11.1 Å². The number of benzene rings is 4. The van der Waals surface area contributed by atoms with Crippen LogP contribution in [0.5, 0.6) is 0 Å². The van der Waals surface area contributed by atoms with Gasteiger partial charge in [-0.2, -0.15) is 0 Å². The average Bonchev–Trinajstić information content (AvgIpc) is 1.67. The Morgan fingerprint density at radius 2 is 0.794 bits per heavy atom. The number of nitrogens with zero attached hydrogens (tertiary/aromatic N) is 2. The zero-order valence-corrected chi connectivity index (χ0v) is 57.2. The second kappa shape index (κ2) is 40.3. The van der Waals surface area contributed by atoms with Crippen molar-refractivity contribution in [1.29, 1.82) is 0 Å². The molecule has 0 bridgehead atoms. The Labute approximate surface area is 572 Å². The molecule has 23 nitrogen and oxygen atoms in total. The average molecular weight is 1340 g/mol. The van der Waals surface area contributed by atoms with Gasteiger partial charge in [0.1, 0.15) is 36.3 Å². The van der Waals surface area contributed by atoms with E-state index in [0.29, 0.717) is 167 Å². The number of nitrogens with one attached hydrogen (secondary N) is 10. The molecule has 0 saturated carbocycles. The van der Waals surface area contributed by atoms with E-state index >= 15 is 0 Å². The van der Waals surface area contributed by atoms with Crippen LogP contribution in [0.1, 0.15) is 138 Å². The largest absolute Gasteiger partial charge is 0.379 e. The van der Waals surface area contributed by atoms with Gasteiger partial charge in [0.25, 0.3) is 0 Å². The zero-order valence-electron chi connectivity index (χ0n) is 57.2. The first-order valence-corrected chi connectivity index (χ1v) is 35.4. The van der Waals surface area contributed by atoms with Crippen LogP contribution in [-0.4, -0.2) is 185 Å². The van der Waals surface area contributed by atoms with Crippen molar-refractivity contribution in [3.63, 3.8) is 0 Å². The van der Waals surface area contributed by atoms with Crippen molar-refractivity contribution in [2.45, 2.75) is 177 Å². The summed E-state index contributed by atoms with van der Waals surface area (Å²) in [6.07, 6.45) is 8.39. The maximum absolute atomic E-state index is 14.8. The summed E-state index contributed by atoms with van der Waals surface area (Å²) in [6.45, 7) is 9.07. The van der Waals surface area contributed by atoms with Crippen LogP contribution in [0.15, 0.2) is 121 Å². The van der Waals surface area contributed by atoms with Gasteiger partial charge < -0.3 is 77.2 Å². The van der Waals surface area contributed by atoms with Gasteiger partial charge in [-0.15, -0.1) is 0 Å². The first-order chi connectivity index (χ1) is 47.3. The molecule has 8 rings (SSSR count). The van der Waals surface area contributed by atoms with Crippen LogP contribution < -0.4 is 53.2 Å². The number of fused-ring (bicyclic) bond motifs is 2. The smallest absolute Gasteiger partial charge is 0.247 e. The minimum atomic E-state index is -1.02. The molecule has 97 heavy (non-hydrogen) atoms. The van der Waals surface area contributed by atoms with Gasteiger partial charge in [0.2, 0.25) is 47.3 Å². The second-order valence-electron chi connectivity index (χ2n) is 25.9. The maximum atomic E-state index is 14.8. The first-order valence-electron chi connectivity index (χ1n) is 35.4. The SMILES string of the molecule is CC[C@H](NC)C(=O)N[C@@H]1C(=O)N2[C@@H](CC[C@@H]1CCNCc1ccccc1)CC[C@H]2C(=O)N[C@H](C(=O)NCCCOCCOCCOCCCNC(=O)[C@@H](NC(=O)[C@@H]1CC[C@@H]2CC[C@H](CCNCc3ccccc3)[C@H](NC(=O)[C@H](CC)NC)C(=O)N21)c1ccccc1)c1ccccc1. The third kappa shape index (κ3) is 22.2. The Bertz CT molecular complexity index is 2870. The highest BCUT2D eigenvalue weighted by Crippen LogP contribution is 2.37. The molecule has 8 amide bonds. The quantitative estimate of drug-likeness (QED) is 0.0272. The van der Waals surface area contributed by atoms with Gasteiger partial charge in [0.05, 0.1) is 38.5 Å². The van der Waals surface area contributed by atoms with E-state index in [1.54, 1.807) is 48.2 Å². The van der Waals surface area contributed by atoms with Crippen molar-refractivity contribution in [1.82, 2.24) is 63.0 Å². The molecule has 4 heterocycles. The van der Waals surface area contributed by atoms with E-state index < -0.39 is 60.1 Å².